The molecule has 0 saturated heterocycles. The van der Waals surface area contributed by atoms with Gasteiger partial charge >= 0.3 is 0 Å². The van der Waals surface area contributed by atoms with Gasteiger partial charge in [0.05, 0.1) is 18.7 Å². The van der Waals surface area contributed by atoms with E-state index in [1.165, 1.54) is 4.90 Å². The number of hydrogen-bond donors (Lipinski definition) is 1. The van der Waals surface area contributed by atoms with Crippen LogP contribution in [0.3, 0.4) is 0 Å². The summed E-state index contributed by atoms with van der Waals surface area (Å²) in [6.45, 7) is 4.13. The molecule has 6 heteroatoms. The molecule has 0 bridgehead atoms. The summed E-state index contributed by atoms with van der Waals surface area (Å²) in [5.74, 6) is -0.408. The first-order valence-corrected chi connectivity index (χ1v) is 9.22. The molecule has 3 rings (SSSR count). The fraction of sp³-hybridized carbons (Fsp3) is 0.318. The molecule has 146 valence electrons. The molecule has 0 saturated carbocycles. The van der Waals surface area contributed by atoms with Gasteiger partial charge in [-0.2, -0.15) is 0 Å². The molecular formula is C22H24N2O4. The van der Waals surface area contributed by atoms with Crippen molar-refractivity contribution in [1.82, 2.24) is 9.88 Å². The molecule has 1 aliphatic rings. The molecule has 1 aromatic carbocycles. The lowest BCUT2D eigenvalue weighted by atomic mass is 9.92. The number of ketones is 1. The van der Waals surface area contributed by atoms with Gasteiger partial charge in [-0.3, -0.25) is 14.6 Å². The first-order chi connectivity index (χ1) is 13.4. The fourth-order valence-corrected chi connectivity index (χ4v) is 3.40. The Morgan fingerprint density at radius 2 is 1.82 bits per heavy atom. The highest BCUT2D eigenvalue weighted by Crippen LogP contribution is 2.40. The van der Waals surface area contributed by atoms with Crippen molar-refractivity contribution < 1.29 is 19.4 Å². The SMILES string of the molecule is COc1ccc(C2C(C(=O)CC(C)C)=C(O)C(=O)N2Cc2ccncc2)cc1. The standard InChI is InChI=1S/C22H24N2O4/c1-14(2)12-18(25)19-20(16-4-6-17(28-3)7-5-16)24(22(27)21(19)26)13-15-8-10-23-11-9-15/h4-11,14,20,26H,12-13H2,1-3H3. The summed E-state index contributed by atoms with van der Waals surface area (Å²) in [6.07, 6.45) is 3.56. The highest BCUT2D eigenvalue weighted by Gasteiger charge is 2.43. The third-order valence-corrected chi connectivity index (χ3v) is 4.73. The second kappa shape index (κ2) is 8.25. The van der Waals surface area contributed by atoms with Gasteiger partial charge in [0.1, 0.15) is 5.75 Å². The Balaban J connectivity index is 2.03. The normalized spacial score (nSPS) is 16.8. The van der Waals surface area contributed by atoms with Gasteiger partial charge in [0, 0.05) is 25.4 Å². The number of methoxy groups -OCH3 is 1. The van der Waals surface area contributed by atoms with Crippen LogP contribution in [0.1, 0.15) is 37.4 Å². The van der Waals surface area contributed by atoms with Crippen LogP contribution in [0.2, 0.25) is 0 Å². The second-order valence-corrected chi connectivity index (χ2v) is 7.25. The number of hydrogen-bond acceptors (Lipinski definition) is 5. The van der Waals surface area contributed by atoms with E-state index in [-0.39, 0.29) is 30.2 Å². The highest BCUT2D eigenvalue weighted by atomic mass is 16.5. The summed E-state index contributed by atoms with van der Waals surface area (Å²) in [5, 5.41) is 10.6. The number of aliphatic hydroxyl groups excluding tert-OH is 1. The van der Waals surface area contributed by atoms with E-state index in [2.05, 4.69) is 4.98 Å². The molecule has 28 heavy (non-hydrogen) atoms. The monoisotopic (exact) mass is 380 g/mol. The maximum atomic E-state index is 12.9. The van der Waals surface area contributed by atoms with Gasteiger partial charge in [0.15, 0.2) is 11.5 Å². The molecule has 1 aliphatic heterocycles. The van der Waals surface area contributed by atoms with Crippen LogP contribution in [0.5, 0.6) is 5.75 Å². The predicted molar refractivity (Wildman–Crippen MR) is 105 cm³/mol. The van der Waals surface area contributed by atoms with E-state index in [0.717, 1.165) is 11.1 Å². The Bertz CT molecular complexity index is 889. The Hall–Kier alpha value is -3.15. The number of amides is 1. The zero-order valence-electron chi connectivity index (χ0n) is 16.3. The minimum atomic E-state index is -0.641. The highest BCUT2D eigenvalue weighted by molar-refractivity contribution is 6.09. The van der Waals surface area contributed by atoms with Crippen molar-refractivity contribution >= 4 is 11.7 Å². The van der Waals surface area contributed by atoms with E-state index in [4.69, 9.17) is 4.74 Å². The quantitative estimate of drug-likeness (QED) is 0.794. The summed E-state index contributed by atoms with van der Waals surface area (Å²) < 4.78 is 5.21. The lowest BCUT2D eigenvalue weighted by Gasteiger charge is -2.27. The molecule has 1 aromatic heterocycles. The minimum absolute atomic E-state index is 0.119. The second-order valence-electron chi connectivity index (χ2n) is 7.25. The Morgan fingerprint density at radius 1 is 1.18 bits per heavy atom. The predicted octanol–water partition coefficient (Wildman–Crippen LogP) is 3.60. The van der Waals surface area contributed by atoms with Crippen LogP contribution >= 0.6 is 0 Å². The third-order valence-electron chi connectivity index (χ3n) is 4.73. The lowest BCUT2D eigenvalue weighted by Crippen LogP contribution is -2.30. The average molecular weight is 380 g/mol. The Morgan fingerprint density at radius 3 is 2.39 bits per heavy atom. The van der Waals surface area contributed by atoms with Crippen molar-refractivity contribution in [3.8, 4) is 5.75 Å². The average Bonchev–Trinajstić information content (AvgIpc) is 2.93. The molecule has 1 unspecified atom stereocenters. The largest absolute Gasteiger partial charge is 0.503 e. The van der Waals surface area contributed by atoms with Crippen molar-refractivity contribution in [3.05, 3.63) is 71.3 Å². The van der Waals surface area contributed by atoms with E-state index in [1.807, 2.05) is 38.1 Å². The van der Waals surface area contributed by atoms with Crippen LogP contribution in [0, 0.1) is 5.92 Å². The number of benzene rings is 1. The maximum absolute atomic E-state index is 12.9. The summed E-state index contributed by atoms with van der Waals surface area (Å²) in [7, 11) is 1.58. The van der Waals surface area contributed by atoms with Crippen LogP contribution in [0.4, 0.5) is 0 Å². The molecule has 0 fully saturated rings. The lowest BCUT2D eigenvalue weighted by molar-refractivity contribution is -0.130. The first kappa shape index (κ1) is 19.6. The van der Waals surface area contributed by atoms with Crippen LogP contribution in [-0.4, -0.2) is 33.8 Å². The molecule has 2 aromatic rings. The van der Waals surface area contributed by atoms with Gasteiger partial charge in [0.2, 0.25) is 0 Å². The zero-order chi connectivity index (χ0) is 20.3. The maximum Gasteiger partial charge on any atom is 0.290 e. The van der Waals surface area contributed by atoms with Crippen molar-refractivity contribution in [3.63, 3.8) is 0 Å². The van der Waals surface area contributed by atoms with Crippen molar-refractivity contribution in [2.24, 2.45) is 5.92 Å². The van der Waals surface area contributed by atoms with Gasteiger partial charge in [-0.1, -0.05) is 26.0 Å². The molecule has 6 nitrogen and oxygen atoms in total. The summed E-state index contributed by atoms with van der Waals surface area (Å²) in [5.41, 5.74) is 1.78. The zero-order valence-corrected chi connectivity index (χ0v) is 16.3. The summed E-state index contributed by atoms with van der Waals surface area (Å²) in [6, 6.07) is 10.2. The Kier molecular flexibility index (Phi) is 5.78. The van der Waals surface area contributed by atoms with Crippen LogP contribution in [0.25, 0.3) is 0 Å². The number of pyridine rings is 1. The molecule has 1 atom stereocenters. The number of ether oxygens (including phenoxy) is 1. The number of nitrogens with zero attached hydrogens (tertiary/aromatic N) is 2. The molecule has 0 spiro atoms. The number of Topliss-reactive ketones (excluding diaryl/α,β-unsaturated/α-hetero) is 1. The van der Waals surface area contributed by atoms with E-state index < -0.39 is 17.7 Å². The van der Waals surface area contributed by atoms with Gasteiger partial charge in [-0.15, -0.1) is 0 Å². The van der Waals surface area contributed by atoms with Crippen LogP contribution in [0.15, 0.2) is 60.1 Å². The van der Waals surface area contributed by atoms with Gasteiger partial charge in [0.25, 0.3) is 5.91 Å². The number of aliphatic hydroxyl groups is 1. The third kappa shape index (κ3) is 3.91. The smallest absolute Gasteiger partial charge is 0.290 e. The van der Waals surface area contributed by atoms with Crippen molar-refractivity contribution in [2.45, 2.75) is 32.9 Å². The van der Waals surface area contributed by atoms with Gasteiger partial charge in [-0.25, -0.2) is 0 Å². The van der Waals surface area contributed by atoms with Gasteiger partial charge < -0.3 is 14.7 Å². The molecule has 0 aliphatic carbocycles. The number of rotatable bonds is 7. The topological polar surface area (TPSA) is 79.7 Å². The van der Waals surface area contributed by atoms with Crippen molar-refractivity contribution in [1.29, 1.82) is 0 Å². The molecular weight excluding hydrogens is 356 g/mol. The number of carbonyl (C=O) groups is 2. The fourth-order valence-electron chi connectivity index (χ4n) is 3.40. The van der Waals surface area contributed by atoms with Gasteiger partial charge in [-0.05, 0) is 41.3 Å². The van der Waals surface area contributed by atoms with Crippen LogP contribution < -0.4 is 4.74 Å². The molecule has 0 radical (unpaired) electrons. The number of carbonyl (C=O) groups excluding carboxylic acids is 2. The summed E-state index contributed by atoms with van der Waals surface area (Å²) >= 11 is 0. The van der Waals surface area contributed by atoms with E-state index >= 15 is 0 Å². The Labute approximate surface area is 164 Å². The van der Waals surface area contributed by atoms with E-state index in [1.54, 1.807) is 31.6 Å². The minimum Gasteiger partial charge on any atom is -0.503 e. The number of aromatic nitrogens is 1. The summed E-state index contributed by atoms with van der Waals surface area (Å²) in [4.78, 5) is 31.3. The first-order valence-electron chi connectivity index (χ1n) is 9.22. The molecule has 1 N–H and O–H groups in total. The van der Waals surface area contributed by atoms with Crippen molar-refractivity contribution in [2.75, 3.05) is 7.11 Å². The van der Waals surface area contributed by atoms with Crippen LogP contribution in [-0.2, 0) is 16.1 Å². The van der Waals surface area contributed by atoms with E-state index in [0.29, 0.717) is 5.75 Å². The van der Waals surface area contributed by atoms with E-state index in [9.17, 15) is 14.7 Å². The molecule has 1 amide bonds. The molecule has 2 heterocycles.